The van der Waals surface area contributed by atoms with Crippen LogP contribution in [0, 0.1) is 11.8 Å². The SMILES string of the molecule is CC(C)(C)OC(=O)N1CCC(Cc2ccc(OCC3CCOCC3)cc2)CC1. The number of carbonyl (C=O) groups is 1. The van der Waals surface area contributed by atoms with E-state index in [1.165, 1.54) is 5.56 Å². The van der Waals surface area contributed by atoms with Gasteiger partial charge in [0.1, 0.15) is 11.4 Å². The Bertz CT molecular complexity index is 608. The van der Waals surface area contributed by atoms with Crippen LogP contribution in [-0.2, 0) is 15.9 Å². The summed E-state index contributed by atoms with van der Waals surface area (Å²) >= 11 is 0. The van der Waals surface area contributed by atoms with Crippen LogP contribution in [0.4, 0.5) is 4.79 Å². The minimum absolute atomic E-state index is 0.183. The third-order valence-electron chi connectivity index (χ3n) is 5.54. The van der Waals surface area contributed by atoms with Crippen molar-refractivity contribution < 1.29 is 19.0 Å². The maximum atomic E-state index is 12.2. The van der Waals surface area contributed by atoms with E-state index in [1.54, 1.807) is 0 Å². The molecule has 28 heavy (non-hydrogen) atoms. The molecule has 2 aliphatic heterocycles. The molecule has 5 heteroatoms. The standard InChI is InChI=1S/C23H35NO4/c1-23(2,3)28-22(25)24-12-8-19(9-13-24)16-18-4-6-21(7-5-18)27-17-20-10-14-26-15-11-20/h4-7,19-20H,8-17H2,1-3H3. The molecular weight excluding hydrogens is 354 g/mol. The number of ether oxygens (including phenoxy) is 3. The highest BCUT2D eigenvalue weighted by Gasteiger charge is 2.26. The number of piperidine rings is 1. The molecule has 0 spiro atoms. The maximum Gasteiger partial charge on any atom is 0.410 e. The van der Waals surface area contributed by atoms with Crippen LogP contribution in [0.25, 0.3) is 0 Å². The molecule has 2 fully saturated rings. The minimum Gasteiger partial charge on any atom is -0.493 e. The molecule has 156 valence electrons. The predicted molar refractivity (Wildman–Crippen MR) is 110 cm³/mol. The van der Waals surface area contributed by atoms with Crippen molar-refractivity contribution in [2.45, 2.75) is 58.5 Å². The number of rotatable bonds is 5. The Labute approximate surface area is 169 Å². The van der Waals surface area contributed by atoms with Gasteiger partial charge in [-0.2, -0.15) is 0 Å². The molecule has 0 unspecified atom stereocenters. The Balaban J connectivity index is 1.39. The van der Waals surface area contributed by atoms with Crippen LogP contribution < -0.4 is 4.74 Å². The maximum absolute atomic E-state index is 12.2. The van der Waals surface area contributed by atoms with Gasteiger partial charge in [-0.15, -0.1) is 0 Å². The zero-order valence-corrected chi connectivity index (χ0v) is 17.6. The largest absolute Gasteiger partial charge is 0.493 e. The molecule has 2 aliphatic rings. The average Bonchev–Trinajstić information content (AvgIpc) is 2.67. The topological polar surface area (TPSA) is 48.0 Å². The fraction of sp³-hybridized carbons (Fsp3) is 0.696. The van der Waals surface area contributed by atoms with Crippen LogP contribution in [-0.4, -0.2) is 49.5 Å². The fourth-order valence-corrected chi connectivity index (χ4v) is 3.83. The molecule has 0 aliphatic carbocycles. The Morgan fingerprint density at radius 3 is 2.29 bits per heavy atom. The van der Waals surface area contributed by atoms with Crippen LogP contribution in [0.2, 0.25) is 0 Å². The van der Waals surface area contributed by atoms with Crippen LogP contribution in [0.15, 0.2) is 24.3 Å². The normalized spacial score (nSPS) is 19.5. The van der Waals surface area contributed by atoms with Gasteiger partial charge < -0.3 is 19.1 Å². The van der Waals surface area contributed by atoms with Crippen LogP contribution in [0.5, 0.6) is 5.75 Å². The van der Waals surface area contributed by atoms with E-state index >= 15 is 0 Å². The quantitative estimate of drug-likeness (QED) is 0.733. The highest BCUT2D eigenvalue weighted by molar-refractivity contribution is 5.68. The summed E-state index contributed by atoms with van der Waals surface area (Å²) in [4.78, 5) is 14.0. The average molecular weight is 390 g/mol. The molecular formula is C23H35NO4. The van der Waals surface area contributed by atoms with Crippen molar-refractivity contribution in [3.8, 4) is 5.75 Å². The molecule has 1 amide bonds. The van der Waals surface area contributed by atoms with E-state index < -0.39 is 5.60 Å². The number of carbonyl (C=O) groups excluding carboxylic acids is 1. The molecule has 2 saturated heterocycles. The summed E-state index contributed by atoms with van der Waals surface area (Å²) in [6, 6.07) is 8.54. The first kappa shape index (κ1) is 21.0. The molecule has 0 aromatic heterocycles. The molecule has 0 radical (unpaired) electrons. The monoisotopic (exact) mass is 389 g/mol. The molecule has 0 saturated carbocycles. The number of nitrogens with zero attached hydrogens (tertiary/aromatic N) is 1. The van der Waals surface area contributed by atoms with Gasteiger partial charge in [0, 0.05) is 26.3 Å². The zero-order valence-electron chi connectivity index (χ0n) is 17.6. The van der Waals surface area contributed by atoms with E-state index in [0.717, 1.165) is 70.8 Å². The smallest absolute Gasteiger partial charge is 0.410 e. The van der Waals surface area contributed by atoms with E-state index in [4.69, 9.17) is 14.2 Å². The number of benzene rings is 1. The summed E-state index contributed by atoms with van der Waals surface area (Å²) in [5, 5.41) is 0. The summed E-state index contributed by atoms with van der Waals surface area (Å²) in [6.07, 6.45) is 5.13. The third kappa shape index (κ3) is 6.69. The lowest BCUT2D eigenvalue weighted by molar-refractivity contribution is 0.0184. The van der Waals surface area contributed by atoms with Gasteiger partial charge in [-0.05, 0) is 82.4 Å². The lowest BCUT2D eigenvalue weighted by Crippen LogP contribution is -2.42. The first-order chi connectivity index (χ1) is 13.4. The molecule has 0 N–H and O–H groups in total. The second-order valence-corrected chi connectivity index (χ2v) is 9.13. The highest BCUT2D eigenvalue weighted by Crippen LogP contribution is 2.25. The molecule has 2 heterocycles. The molecule has 0 atom stereocenters. The lowest BCUT2D eigenvalue weighted by atomic mass is 9.90. The molecule has 5 nitrogen and oxygen atoms in total. The fourth-order valence-electron chi connectivity index (χ4n) is 3.83. The van der Waals surface area contributed by atoms with Crippen molar-refractivity contribution in [1.82, 2.24) is 4.90 Å². The molecule has 0 bridgehead atoms. The van der Waals surface area contributed by atoms with Gasteiger partial charge in [0.05, 0.1) is 6.61 Å². The van der Waals surface area contributed by atoms with Crippen molar-refractivity contribution in [3.63, 3.8) is 0 Å². The Morgan fingerprint density at radius 1 is 1.04 bits per heavy atom. The number of hydrogen-bond donors (Lipinski definition) is 0. The molecule has 3 rings (SSSR count). The Morgan fingerprint density at radius 2 is 1.68 bits per heavy atom. The highest BCUT2D eigenvalue weighted by atomic mass is 16.6. The van der Waals surface area contributed by atoms with Gasteiger partial charge in [-0.1, -0.05) is 12.1 Å². The van der Waals surface area contributed by atoms with Crippen molar-refractivity contribution >= 4 is 6.09 Å². The van der Waals surface area contributed by atoms with Gasteiger partial charge in [0.2, 0.25) is 0 Å². The lowest BCUT2D eigenvalue weighted by Gasteiger charge is -2.33. The zero-order chi connectivity index (χ0) is 20.0. The second kappa shape index (κ2) is 9.64. The van der Waals surface area contributed by atoms with E-state index in [2.05, 4.69) is 24.3 Å². The van der Waals surface area contributed by atoms with Crippen molar-refractivity contribution in [2.75, 3.05) is 32.9 Å². The van der Waals surface area contributed by atoms with Crippen LogP contribution >= 0.6 is 0 Å². The van der Waals surface area contributed by atoms with Crippen LogP contribution in [0.3, 0.4) is 0 Å². The Hall–Kier alpha value is -1.75. The van der Waals surface area contributed by atoms with Crippen LogP contribution in [0.1, 0.15) is 52.0 Å². The molecule has 1 aromatic rings. The number of amides is 1. The molecule has 1 aromatic carbocycles. The van der Waals surface area contributed by atoms with E-state index in [0.29, 0.717) is 11.8 Å². The third-order valence-corrected chi connectivity index (χ3v) is 5.54. The number of hydrogen-bond acceptors (Lipinski definition) is 4. The predicted octanol–water partition coefficient (Wildman–Crippen LogP) is 4.68. The van der Waals surface area contributed by atoms with Gasteiger partial charge >= 0.3 is 6.09 Å². The number of likely N-dealkylation sites (tertiary alicyclic amines) is 1. The van der Waals surface area contributed by atoms with E-state index in [9.17, 15) is 4.79 Å². The van der Waals surface area contributed by atoms with Gasteiger partial charge in [-0.3, -0.25) is 0 Å². The van der Waals surface area contributed by atoms with Gasteiger partial charge in [-0.25, -0.2) is 4.79 Å². The van der Waals surface area contributed by atoms with E-state index in [1.807, 2.05) is 25.7 Å². The first-order valence-electron chi connectivity index (χ1n) is 10.7. The van der Waals surface area contributed by atoms with Gasteiger partial charge in [0.25, 0.3) is 0 Å². The summed E-state index contributed by atoms with van der Waals surface area (Å²) in [5.41, 5.74) is 0.914. The Kier molecular flexibility index (Phi) is 7.22. The van der Waals surface area contributed by atoms with Crippen molar-refractivity contribution in [2.24, 2.45) is 11.8 Å². The van der Waals surface area contributed by atoms with Crippen molar-refractivity contribution in [1.29, 1.82) is 0 Å². The minimum atomic E-state index is -0.428. The summed E-state index contributed by atoms with van der Waals surface area (Å²) < 4.78 is 16.8. The summed E-state index contributed by atoms with van der Waals surface area (Å²) in [7, 11) is 0. The summed E-state index contributed by atoms with van der Waals surface area (Å²) in [5.74, 6) is 2.19. The van der Waals surface area contributed by atoms with E-state index in [-0.39, 0.29) is 6.09 Å². The van der Waals surface area contributed by atoms with Gasteiger partial charge in [0.15, 0.2) is 0 Å². The second-order valence-electron chi connectivity index (χ2n) is 9.13. The van der Waals surface area contributed by atoms with Crippen molar-refractivity contribution in [3.05, 3.63) is 29.8 Å². The first-order valence-corrected chi connectivity index (χ1v) is 10.7. The summed E-state index contributed by atoms with van der Waals surface area (Å²) in [6.45, 7) is 9.81.